The van der Waals surface area contributed by atoms with Crippen LogP contribution >= 0.6 is 0 Å². The minimum atomic E-state index is -1.50. The first-order valence-corrected chi connectivity index (χ1v) is 2.77. The molecule has 1 rings (SSSR count). The summed E-state index contributed by atoms with van der Waals surface area (Å²) >= 11 is 0. The van der Waals surface area contributed by atoms with Crippen molar-refractivity contribution >= 4 is 0 Å². The molecule has 0 N–H and O–H groups in total. The molecule has 0 radical (unpaired) electrons. The van der Waals surface area contributed by atoms with Gasteiger partial charge in [-0.3, -0.25) is 0 Å². The highest BCUT2D eigenvalue weighted by molar-refractivity contribution is 4.84. The molecule has 0 aromatic rings. The first-order valence-electron chi connectivity index (χ1n) is 4.77. The van der Waals surface area contributed by atoms with Crippen molar-refractivity contribution in [2.75, 3.05) is 0 Å². The molecule has 44 valence electrons. The highest BCUT2D eigenvalue weighted by Crippen LogP contribution is 2.22. The Bertz CT molecular complexity index is 218. The third-order valence-electron chi connectivity index (χ3n) is 1.20. The molecule has 0 spiro atoms. The fraction of sp³-hybridized carbons (Fsp3) is 0.857. The average molecular weight is 113 g/mol. The molecular formula is C7H11N. The van der Waals surface area contributed by atoms with E-state index in [0.717, 1.165) is 0 Å². The highest BCUT2D eigenvalue weighted by Gasteiger charge is 2.10. The Morgan fingerprint density at radius 1 is 1.62 bits per heavy atom. The number of hydrogen-bond donors (Lipinski definition) is 0. The van der Waals surface area contributed by atoms with E-state index in [-0.39, 0.29) is 19.3 Å². The van der Waals surface area contributed by atoms with E-state index in [9.17, 15) is 0 Å². The van der Waals surface area contributed by atoms with Crippen molar-refractivity contribution in [2.45, 2.75) is 32.0 Å². The normalized spacial score (nSPS) is 49.1. The Morgan fingerprint density at radius 3 is 3.12 bits per heavy atom. The Kier molecular flexibility index (Phi) is 0.811. The van der Waals surface area contributed by atoms with Gasteiger partial charge in [-0.15, -0.1) is 0 Å². The largest absolute Gasteiger partial charge is 0.198 e. The predicted molar refractivity (Wildman–Crippen MR) is 32.2 cm³/mol. The summed E-state index contributed by atoms with van der Waals surface area (Å²) in [5.41, 5.74) is 0. The van der Waals surface area contributed by atoms with E-state index in [1.165, 1.54) is 0 Å². The Hall–Kier alpha value is -0.510. The van der Waals surface area contributed by atoms with Crippen molar-refractivity contribution in [3.63, 3.8) is 0 Å². The minimum Gasteiger partial charge on any atom is -0.198 e. The molecule has 1 atom stereocenters. The van der Waals surface area contributed by atoms with E-state index in [0.29, 0.717) is 0 Å². The molecule has 0 saturated heterocycles. The molecule has 1 aliphatic rings. The summed E-state index contributed by atoms with van der Waals surface area (Å²) in [5.74, 6) is -0.791. The molecule has 1 unspecified atom stereocenters. The summed E-state index contributed by atoms with van der Waals surface area (Å²) in [4.78, 5) is 0. The van der Waals surface area contributed by atoms with E-state index >= 15 is 0 Å². The maximum absolute atomic E-state index is 8.60. The second-order valence-electron chi connectivity index (χ2n) is 1.84. The predicted octanol–water partition coefficient (Wildman–Crippen LogP) is 2.09. The first kappa shape index (κ1) is 2.39. The molecule has 0 amide bonds. The van der Waals surface area contributed by atoms with Crippen molar-refractivity contribution in [3.8, 4) is 6.07 Å². The van der Waals surface area contributed by atoms with Crippen LogP contribution < -0.4 is 0 Å². The van der Waals surface area contributed by atoms with Gasteiger partial charge in [0.25, 0.3) is 0 Å². The van der Waals surface area contributed by atoms with Crippen LogP contribution in [0, 0.1) is 17.2 Å². The second-order valence-corrected chi connectivity index (χ2v) is 1.84. The lowest BCUT2D eigenvalue weighted by molar-refractivity contribution is 0.427. The van der Waals surface area contributed by atoms with Crippen LogP contribution in [-0.4, -0.2) is 0 Å². The summed E-state index contributed by atoms with van der Waals surface area (Å²) in [6.07, 6.45) is -2.46. The Labute approximate surface area is 55.9 Å². The zero-order valence-electron chi connectivity index (χ0n) is 8.65. The van der Waals surface area contributed by atoms with Gasteiger partial charge in [0.15, 0.2) is 0 Å². The third kappa shape index (κ3) is 1.23. The van der Waals surface area contributed by atoms with Crippen LogP contribution in [0.1, 0.15) is 37.5 Å². The molecule has 0 aromatic carbocycles. The van der Waals surface area contributed by atoms with Crippen LogP contribution in [-0.2, 0) is 0 Å². The van der Waals surface area contributed by atoms with Gasteiger partial charge in [-0.1, -0.05) is 19.2 Å². The van der Waals surface area contributed by atoms with E-state index in [1.807, 2.05) is 6.07 Å². The number of nitrogens with zero attached hydrogens (tertiary/aromatic N) is 1. The minimum absolute atomic E-state index is 0.0243. The summed E-state index contributed by atoms with van der Waals surface area (Å²) in [5, 5.41) is 8.60. The number of hydrogen-bond acceptors (Lipinski definition) is 1. The molecule has 1 aliphatic carbocycles. The van der Waals surface area contributed by atoms with Crippen LogP contribution in [0.3, 0.4) is 0 Å². The fourth-order valence-corrected chi connectivity index (χ4v) is 0.745. The van der Waals surface area contributed by atoms with Gasteiger partial charge in [-0.05, 0) is 12.8 Å². The molecule has 1 saturated carbocycles. The molecule has 1 heteroatoms. The molecule has 0 bridgehead atoms. The van der Waals surface area contributed by atoms with Gasteiger partial charge in [0, 0.05) is 11.4 Å². The molecule has 1 nitrogen and oxygen atoms in total. The third-order valence-corrected chi connectivity index (χ3v) is 1.20. The highest BCUT2D eigenvalue weighted by atomic mass is 14.3. The van der Waals surface area contributed by atoms with Crippen molar-refractivity contribution in [3.05, 3.63) is 0 Å². The molecule has 1 fully saturated rings. The second kappa shape index (κ2) is 2.71. The standard InChI is InChI=1S/C7H11N/c8-6-7-4-2-1-3-5-7/h7H,1-5H2/i2D2,5D2. The Morgan fingerprint density at radius 2 is 2.50 bits per heavy atom. The van der Waals surface area contributed by atoms with Gasteiger partial charge >= 0.3 is 0 Å². The van der Waals surface area contributed by atoms with Crippen molar-refractivity contribution in [2.24, 2.45) is 5.92 Å². The fourth-order valence-electron chi connectivity index (χ4n) is 0.745. The number of nitriles is 1. The van der Waals surface area contributed by atoms with Gasteiger partial charge in [0.05, 0.1) is 6.07 Å². The van der Waals surface area contributed by atoms with E-state index in [2.05, 4.69) is 0 Å². The van der Waals surface area contributed by atoms with Crippen LogP contribution in [0.4, 0.5) is 0 Å². The van der Waals surface area contributed by atoms with Gasteiger partial charge in [-0.25, -0.2) is 0 Å². The SMILES string of the molecule is [2H]C1([2H])CCC([2H])([2H])C(C#N)C1. The summed E-state index contributed by atoms with van der Waals surface area (Å²) in [6, 6.07) is 1.83. The molecule has 0 heterocycles. The van der Waals surface area contributed by atoms with Crippen molar-refractivity contribution in [1.82, 2.24) is 0 Å². The summed E-state index contributed by atoms with van der Waals surface area (Å²) in [7, 11) is 0. The number of rotatable bonds is 0. The van der Waals surface area contributed by atoms with Crippen LogP contribution in [0.15, 0.2) is 0 Å². The monoisotopic (exact) mass is 113 g/mol. The van der Waals surface area contributed by atoms with E-state index in [4.69, 9.17) is 10.7 Å². The van der Waals surface area contributed by atoms with Gasteiger partial charge in [0.2, 0.25) is 0 Å². The van der Waals surface area contributed by atoms with Crippen LogP contribution in [0.25, 0.3) is 0 Å². The Balaban J connectivity index is 2.75. The maximum Gasteiger partial charge on any atom is 0.0655 e. The molecule has 0 aromatic heterocycles. The lowest BCUT2D eigenvalue weighted by Crippen LogP contribution is -2.02. The van der Waals surface area contributed by atoms with Gasteiger partial charge in [-0.2, -0.15) is 5.26 Å². The smallest absolute Gasteiger partial charge is 0.0655 e. The van der Waals surface area contributed by atoms with Crippen LogP contribution in [0.2, 0.25) is 0 Å². The summed E-state index contributed by atoms with van der Waals surface area (Å²) < 4.78 is 29.6. The topological polar surface area (TPSA) is 23.8 Å². The van der Waals surface area contributed by atoms with E-state index in [1.54, 1.807) is 0 Å². The molecular weight excluding hydrogens is 98.1 g/mol. The van der Waals surface area contributed by atoms with Gasteiger partial charge in [0.1, 0.15) is 0 Å². The average Bonchev–Trinajstić information content (AvgIpc) is 1.95. The first-order chi connectivity index (χ1) is 5.37. The van der Waals surface area contributed by atoms with E-state index < -0.39 is 18.7 Å². The molecule has 8 heavy (non-hydrogen) atoms. The lowest BCUT2D eigenvalue weighted by Gasteiger charge is -2.13. The van der Waals surface area contributed by atoms with Crippen LogP contribution in [0.5, 0.6) is 0 Å². The molecule has 0 aliphatic heterocycles. The summed E-state index contributed by atoms with van der Waals surface area (Å²) in [6.45, 7) is 0. The maximum atomic E-state index is 8.60. The lowest BCUT2D eigenvalue weighted by atomic mass is 9.91. The van der Waals surface area contributed by atoms with Crippen molar-refractivity contribution < 1.29 is 5.48 Å². The van der Waals surface area contributed by atoms with Gasteiger partial charge < -0.3 is 0 Å². The zero-order chi connectivity index (χ0) is 9.41. The zero-order valence-corrected chi connectivity index (χ0v) is 4.65. The quantitative estimate of drug-likeness (QED) is 0.472. The van der Waals surface area contributed by atoms with Crippen molar-refractivity contribution in [1.29, 1.82) is 5.26 Å².